The first kappa shape index (κ1) is 18.4. The SMILES string of the molecule is CCOC1CC(N(C)C(=O)C(N)CCS(C)(=O)=O)C1(C)C. The summed E-state index contributed by atoms with van der Waals surface area (Å²) < 4.78 is 28.0. The van der Waals surface area contributed by atoms with Gasteiger partial charge in [0.2, 0.25) is 5.91 Å². The second-order valence-electron chi connectivity index (χ2n) is 6.49. The number of hydrogen-bond acceptors (Lipinski definition) is 5. The highest BCUT2D eigenvalue weighted by Gasteiger charge is 2.52. The van der Waals surface area contributed by atoms with E-state index in [1.165, 1.54) is 0 Å². The molecule has 0 saturated heterocycles. The quantitative estimate of drug-likeness (QED) is 0.734. The number of carbonyl (C=O) groups is 1. The number of nitrogens with zero attached hydrogens (tertiary/aromatic N) is 1. The van der Waals surface area contributed by atoms with E-state index in [4.69, 9.17) is 10.5 Å². The zero-order valence-corrected chi connectivity index (χ0v) is 14.4. The van der Waals surface area contributed by atoms with Crippen molar-refractivity contribution < 1.29 is 17.9 Å². The molecule has 3 unspecified atom stereocenters. The van der Waals surface area contributed by atoms with Crippen LogP contribution in [0.2, 0.25) is 0 Å². The average molecular weight is 320 g/mol. The number of likely N-dealkylation sites (N-methyl/N-ethyl adjacent to an activating group) is 1. The fraction of sp³-hybridized carbons (Fsp3) is 0.929. The van der Waals surface area contributed by atoms with Crippen LogP contribution in [-0.2, 0) is 19.4 Å². The Bertz CT molecular complexity index is 475. The van der Waals surface area contributed by atoms with E-state index in [1.54, 1.807) is 11.9 Å². The number of amides is 1. The van der Waals surface area contributed by atoms with Crippen molar-refractivity contribution in [3.05, 3.63) is 0 Å². The predicted molar refractivity (Wildman–Crippen MR) is 82.7 cm³/mol. The highest BCUT2D eigenvalue weighted by molar-refractivity contribution is 7.90. The molecule has 7 heteroatoms. The number of nitrogens with two attached hydrogens (primary N) is 1. The van der Waals surface area contributed by atoms with E-state index in [1.807, 2.05) is 6.92 Å². The molecule has 0 aromatic rings. The van der Waals surface area contributed by atoms with Crippen LogP contribution in [-0.4, -0.2) is 63.1 Å². The molecular weight excluding hydrogens is 292 g/mol. The summed E-state index contributed by atoms with van der Waals surface area (Å²) >= 11 is 0. The largest absolute Gasteiger partial charge is 0.378 e. The Kier molecular flexibility index (Phi) is 5.80. The van der Waals surface area contributed by atoms with Crippen molar-refractivity contribution >= 4 is 15.7 Å². The Labute approximate surface area is 127 Å². The number of sulfone groups is 1. The molecule has 0 aliphatic heterocycles. The minimum Gasteiger partial charge on any atom is -0.378 e. The minimum atomic E-state index is -3.10. The summed E-state index contributed by atoms with van der Waals surface area (Å²) in [7, 11) is -1.37. The Morgan fingerprint density at radius 3 is 2.48 bits per heavy atom. The molecule has 0 aromatic heterocycles. The molecule has 2 N–H and O–H groups in total. The maximum Gasteiger partial charge on any atom is 0.239 e. The van der Waals surface area contributed by atoms with Gasteiger partial charge in [0, 0.05) is 31.4 Å². The van der Waals surface area contributed by atoms with Crippen molar-refractivity contribution in [2.24, 2.45) is 11.1 Å². The average Bonchev–Trinajstić information content (AvgIpc) is 2.37. The lowest BCUT2D eigenvalue weighted by molar-refractivity contribution is -0.164. The molecule has 1 aliphatic carbocycles. The molecule has 3 atom stereocenters. The molecule has 0 aromatic carbocycles. The number of carbonyl (C=O) groups excluding carboxylic acids is 1. The van der Waals surface area contributed by atoms with Crippen LogP contribution in [0.5, 0.6) is 0 Å². The van der Waals surface area contributed by atoms with Crippen LogP contribution in [0.25, 0.3) is 0 Å². The molecule has 124 valence electrons. The van der Waals surface area contributed by atoms with E-state index in [0.29, 0.717) is 6.61 Å². The number of ether oxygens (including phenoxy) is 1. The van der Waals surface area contributed by atoms with Crippen LogP contribution < -0.4 is 5.73 Å². The smallest absolute Gasteiger partial charge is 0.239 e. The van der Waals surface area contributed by atoms with Gasteiger partial charge in [0.15, 0.2) is 0 Å². The second kappa shape index (κ2) is 6.62. The molecule has 1 fully saturated rings. The Balaban J connectivity index is 2.59. The van der Waals surface area contributed by atoms with Gasteiger partial charge in [0.25, 0.3) is 0 Å². The first-order chi connectivity index (χ1) is 9.50. The van der Waals surface area contributed by atoms with E-state index in [0.717, 1.165) is 12.7 Å². The molecule has 6 nitrogen and oxygen atoms in total. The lowest BCUT2D eigenvalue weighted by atomic mass is 9.63. The fourth-order valence-electron chi connectivity index (χ4n) is 2.89. The van der Waals surface area contributed by atoms with Crippen LogP contribution in [0.15, 0.2) is 0 Å². The van der Waals surface area contributed by atoms with E-state index in [9.17, 15) is 13.2 Å². The van der Waals surface area contributed by atoms with E-state index in [-0.39, 0.29) is 35.6 Å². The van der Waals surface area contributed by atoms with Gasteiger partial charge < -0.3 is 15.4 Å². The van der Waals surface area contributed by atoms with Gasteiger partial charge in [-0.2, -0.15) is 0 Å². The van der Waals surface area contributed by atoms with Crippen molar-refractivity contribution in [3.63, 3.8) is 0 Å². The van der Waals surface area contributed by atoms with Crippen LogP contribution in [0.4, 0.5) is 0 Å². The van der Waals surface area contributed by atoms with Gasteiger partial charge in [-0.1, -0.05) is 13.8 Å². The molecule has 0 bridgehead atoms. The summed E-state index contributed by atoms with van der Waals surface area (Å²) in [5.41, 5.74) is 5.72. The highest BCUT2D eigenvalue weighted by Crippen LogP contribution is 2.45. The third-order valence-electron chi connectivity index (χ3n) is 4.43. The summed E-state index contributed by atoms with van der Waals surface area (Å²) in [5.74, 6) is -0.268. The molecule has 0 spiro atoms. The Morgan fingerprint density at radius 2 is 2.05 bits per heavy atom. The maximum atomic E-state index is 12.3. The van der Waals surface area contributed by atoms with Gasteiger partial charge in [0.1, 0.15) is 9.84 Å². The first-order valence-electron chi connectivity index (χ1n) is 7.32. The molecule has 0 radical (unpaired) electrons. The third kappa shape index (κ3) is 4.40. The second-order valence-corrected chi connectivity index (χ2v) is 8.75. The summed E-state index contributed by atoms with van der Waals surface area (Å²) in [4.78, 5) is 14.0. The Morgan fingerprint density at radius 1 is 1.48 bits per heavy atom. The van der Waals surface area contributed by atoms with Crippen LogP contribution in [0.3, 0.4) is 0 Å². The maximum absolute atomic E-state index is 12.3. The van der Waals surface area contributed by atoms with E-state index in [2.05, 4.69) is 13.8 Å². The van der Waals surface area contributed by atoms with Gasteiger partial charge in [-0.3, -0.25) is 4.79 Å². The molecule has 0 heterocycles. The molecule has 1 amide bonds. The van der Waals surface area contributed by atoms with Gasteiger partial charge in [-0.05, 0) is 19.8 Å². The van der Waals surface area contributed by atoms with Crippen molar-refractivity contribution in [2.75, 3.05) is 25.7 Å². The number of hydrogen-bond donors (Lipinski definition) is 1. The number of rotatable bonds is 7. The summed E-state index contributed by atoms with van der Waals surface area (Å²) in [5, 5.41) is 0. The van der Waals surface area contributed by atoms with Gasteiger partial charge in [0.05, 0.1) is 17.9 Å². The van der Waals surface area contributed by atoms with Crippen molar-refractivity contribution in [3.8, 4) is 0 Å². The molecule has 1 saturated carbocycles. The zero-order valence-electron chi connectivity index (χ0n) is 13.6. The van der Waals surface area contributed by atoms with E-state index >= 15 is 0 Å². The standard InChI is InChI=1S/C14H28N2O4S/c1-6-20-12-9-11(14(12,2)3)16(4)13(17)10(15)7-8-21(5,18)19/h10-12H,6-9,15H2,1-5H3. The summed E-state index contributed by atoms with van der Waals surface area (Å²) in [6, 6.07) is -0.697. The fourth-order valence-corrected chi connectivity index (χ4v) is 3.57. The molecule has 1 rings (SSSR count). The predicted octanol–water partition coefficient (Wildman–Crippen LogP) is 0.410. The van der Waals surface area contributed by atoms with Gasteiger partial charge >= 0.3 is 0 Å². The summed E-state index contributed by atoms with van der Waals surface area (Å²) in [6.45, 7) is 6.77. The van der Waals surface area contributed by atoms with Crippen molar-refractivity contribution in [2.45, 2.75) is 51.8 Å². The van der Waals surface area contributed by atoms with Gasteiger partial charge in [-0.15, -0.1) is 0 Å². The molecule has 21 heavy (non-hydrogen) atoms. The topological polar surface area (TPSA) is 89.7 Å². The summed E-state index contributed by atoms with van der Waals surface area (Å²) in [6.07, 6.45) is 2.25. The van der Waals surface area contributed by atoms with Crippen LogP contribution in [0, 0.1) is 5.41 Å². The van der Waals surface area contributed by atoms with Crippen LogP contribution in [0.1, 0.15) is 33.6 Å². The van der Waals surface area contributed by atoms with Crippen LogP contribution >= 0.6 is 0 Å². The highest BCUT2D eigenvalue weighted by atomic mass is 32.2. The van der Waals surface area contributed by atoms with Crippen molar-refractivity contribution in [1.29, 1.82) is 0 Å². The van der Waals surface area contributed by atoms with E-state index < -0.39 is 15.9 Å². The third-order valence-corrected chi connectivity index (χ3v) is 5.40. The normalized spacial score (nSPS) is 26.0. The first-order valence-corrected chi connectivity index (χ1v) is 9.38. The Hall–Kier alpha value is -0.660. The van der Waals surface area contributed by atoms with Gasteiger partial charge in [-0.25, -0.2) is 8.42 Å². The molecule has 1 aliphatic rings. The monoisotopic (exact) mass is 320 g/mol. The van der Waals surface area contributed by atoms with Crippen molar-refractivity contribution in [1.82, 2.24) is 4.90 Å². The zero-order chi connectivity index (χ0) is 16.4. The molecular formula is C14H28N2O4S. The lowest BCUT2D eigenvalue weighted by Gasteiger charge is -2.55. The minimum absolute atomic E-state index is 0.0661. The lowest BCUT2D eigenvalue weighted by Crippen LogP contribution is -2.64.